The van der Waals surface area contributed by atoms with Gasteiger partial charge in [0, 0.05) is 32.1 Å². The maximum absolute atomic E-state index is 9.66. The molecule has 0 saturated carbocycles. The van der Waals surface area contributed by atoms with Crippen LogP contribution in [0.3, 0.4) is 0 Å². The number of aliphatic hydroxyl groups excluding tert-OH is 1. The molecule has 90 valence electrons. The molecule has 2 N–H and O–H groups in total. The lowest BCUT2D eigenvalue weighted by Gasteiger charge is -2.10. The normalized spacial score (nSPS) is 12.6. The van der Waals surface area contributed by atoms with Crippen molar-refractivity contribution in [3.8, 4) is 0 Å². The monoisotopic (exact) mass is 242 g/mol. The molecule has 0 spiro atoms. The van der Waals surface area contributed by atoms with Crippen LogP contribution < -0.4 is 5.32 Å². The zero-order valence-corrected chi connectivity index (χ0v) is 10.2. The van der Waals surface area contributed by atoms with Gasteiger partial charge in [0.2, 0.25) is 0 Å². The number of aliphatic hydroxyl groups is 1. The molecule has 1 aromatic heterocycles. The van der Waals surface area contributed by atoms with Gasteiger partial charge in [0.1, 0.15) is 0 Å². The molecule has 0 saturated heterocycles. The number of nitrogens with zero attached hydrogens (tertiary/aromatic N) is 1. The van der Waals surface area contributed by atoms with E-state index in [1.54, 1.807) is 25.1 Å². The Morgan fingerprint density at radius 1 is 1.56 bits per heavy atom. The Morgan fingerprint density at radius 3 is 3.12 bits per heavy atom. The summed E-state index contributed by atoms with van der Waals surface area (Å²) in [6.45, 7) is 2.02. The maximum atomic E-state index is 9.66. The molecule has 0 amide bonds. The lowest BCUT2D eigenvalue weighted by atomic mass is 10.4. The lowest BCUT2D eigenvalue weighted by Crippen LogP contribution is -2.30. The highest BCUT2D eigenvalue weighted by Crippen LogP contribution is 2.14. The average Bonchev–Trinajstić information content (AvgIpc) is 2.33. The summed E-state index contributed by atoms with van der Waals surface area (Å²) < 4.78 is 4.89. The highest BCUT2D eigenvalue weighted by molar-refractivity contribution is 7.99. The van der Waals surface area contributed by atoms with Crippen molar-refractivity contribution in [2.24, 2.45) is 0 Å². The van der Waals surface area contributed by atoms with Crippen LogP contribution >= 0.6 is 11.8 Å². The third-order valence-corrected chi connectivity index (χ3v) is 3.01. The summed E-state index contributed by atoms with van der Waals surface area (Å²) >= 11 is 1.56. The first kappa shape index (κ1) is 13.4. The van der Waals surface area contributed by atoms with Gasteiger partial charge in [0.25, 0.3) is 0 Å². The van der Waals surface area contributed by atoms with Crippen LogP contribution in [0.1, 0.15) is 0 Å². The summed E-state index contributed by atoms with van der Waals surface area (Å²) in [6, 6.07) is 5.76. The largest absolute Gasteiger partial charge is 0.391 e. The smallest absolute Gasteiger partial charge is 0.0960 e. The first-order valence-corrected chi connectivity index (χ1v) is 6.23. The van der Waals surface area contributed by atoms with E-state index in [-0.39, 0.29) is 6.10 Å². The molecule has 5 heteroatoms. The molecule has 0 aliphatic carbocycles. The van der Waals surface area contributed by atoms with Crippen LogP contribution in [-0.4, -0.2) is 48.8 Å². The summed E-state index contributed by atoms with van der Waals surface area (Å²) in [4.78, 5) is 4.17. The van der Waals surface area contributed by atoms with Gasteiger partial charge < -0.3 is 15.2 Å². The zero-order valence-electron chi connectivity index (χ0n) is 9.43. The van der Waals surface area contributed by atoms with Crippen molar-refractivity contribution in [1.29, 1.82) is 0 Å². The molecule has 1 unspecified atom stereocenters. The molecule has 0 aliphatic heterocycles. The van der Waals surface area contributed by atoms with E-state index in [4.69, 9.17) is 4.74 Å². The molecule has 1 rings (SSSR count). The van der Waals surface area contributed by atoms with Crippen molar-refractivity contribution >= 4 is 11.8 Å². The summed E-state index contributed by atoms with van der Waals surface area (Å²) in [5, 5.41) is 13.7. The second kappa shape index (κ2) is 8.52. The topological polar surface area (TPSA) is 54.4 Å². The fourth-order valence-corrected chi connectivity index (χ4v) is 1.91. The van der Waals surface area contributed by atoms with E-state index in [1.807, 2.05) is 18.2 Å². The van der Waals surface area contributed by atoms with Gasteiger partial charge in [0.05, 0.1) is 17.7 Å². The number of rotatable bonds is 8. The van der Waals surface area contributed by atoms with Crippen LogP contribution in [-0.2, 0) is 4.74 Å². The van der Waals surface area contributed by atoms with Crippen LogP contribution in [0.25, 0.3) is 0 Å². The van der Waals surface area contributed by atoms with Crippen LogP contribution in [0.4, 0.5) is 0 Å². The highest BCUT2D eigenvalue weighted by atomic mass is 32.2. The first-order valence-electron chi connectivity index (χ1n) is 5.24. The summed E-state index contributed by atoms with van der Waals surface area (Å²) in [7, 11) is 1.66. The molecule has 1 atom stereocenters. The van der Waals surface area contributed by atoms with Gasteiger partial charge in [-0.25, -0.2) is 4.98 Å². The minimum atomic E-state index is -0.358. The van der Waals surface area contributed by atoms with Crippen molar-refractivity contribution in [2.45, 2.75) is 11.1 Å². The molecule has 0 fully saturated rings. The zero-order chi connectivity index (χ0) is 11.6. The second-order valence-corrected chi connectivity index (χ2v) is 4.37. The maximum Gasteiger partial charge on any atom is 0.0960 e. The van der Waals surface area contributed by atoms with E-state index < -0.39 is 0 Å². The van der Waals surface area contributed by atoms with E-state index in [1.165, 1.54) is 0 Å². The summed E-state index contributed by atoms with van der Waals surface area (Å²) in [6.07, 6.45) is 1.40. The fourth-order valence-electron chi connectivity index (χ4n) is 1.12. The van der Waals surface area contributed by atoms with Crippen LogP contribution in [0.2, 0.25) is 0 Å². The Bertz CT molecular complexity index is 272. The lowest BCUT2D eigenvalue weighted by molar-refractivity contribution is 0.175. The van der Waals surface area contributed by atoms with Crippen molar-refractivity contribution < 1.29 is 9.84 Å². The molecule has 0 bridgehead atoms. The molecule has 1 aromatic rings. The Morgan fingerprint density at radius 2 is 2.44 bits per heavy atom. The predicted octanol–water partition coefficient (Wildman–Crippen LogP) is 0.771. The molecule has 0 radical (unpaired) electrons. The first-order chi connectivity index (χ1) is 7.83. The molecule has 0 aliphatic rings. The molecular formula is C11H18N2O2S. The van der Waals surface area contributed by atoms with Gasteiger partial charge in [-0.3, -0.25) is 0 Å². The molecular weight excluding hydrogens is 224 g/mol. The quantitative estimate of drug-likeness (QED) is 0.521. The van der Waals surface area contributed by atoms with Crippen molar-refractivity contribution in [3.05, 3.63) is 24.4 Å². The van der Waals surface area contributed by atoms with Crippen LogP contribution in [0, 0.1) is 0 Å². The third-order valence-electron chi connectivity index (χ3n) is 1.92. The number of hydrogen-bond donors (Lipinski definition) is 2. The Kier molecular flexibility index (Phi) is 7.16. The number of ether oxygens (including phenoxy) is 1. The molecule has 4 nitrogen and oxygen atoms in total. The van der Waals surface area contributed by atoms with E-state index in [9.17, 15) is 5.11 Å². The Hall–Kier alpha value is -0.620. The van der Waals surface area contributed by atoms with Crippen molar-refractivity contribution in [1.82, 2.24) is 10.3 Å². The highest BCUT2D eigenvalue weighted by Gasteiger charge is 2.04. The molecule has 1 heterocycles. The predicted molar refractivity (Wildman–Crippen MR) is 65.7 cm³/mol. The van der Waals surface area contributed by atoms with Gasteiger partial charge >= 0.3 is 0 Å². The average molecular weight is 242 g/mol. The summed E-state index contributed by atoms with van der Waals surface area (Å²) in [5.41, 5.74) is 0. The second-order valence-electron chi connectivity index (χ2n) is 3.33. The SMILES string of the molecule is COCCNCC(O)CSc1ccccn1. The fraction of sp³-hybridized carbons (Fsp3) is 0.545. The number of thioether (sulfide) groups is 1. The van der Waals surface area contributed by atoms with Gasteiger partial charge in [-0.2, -0.15) is 0 Å². The summed E-state index contributed by atoms with van der Waals surface area (Å²) in [5.74, 6) is 0.650. The number of hydrogen-bond acceptors (Lipinski definition) is 5. The van der Waals surface area contributed by atoms with Gasteiger partial charge in [-0.1, -0.05) is 6.07 Å². The van der Waals surface area contributed by atoms with Crippen LogP contribution in [0.15, 0.2) is 29.4 Å². The van der Waals surface area contributed by atoms with Crippen LogP contribution in [0.5, 0.6) is 0 Å². The van der Waals surface area contributed by atoms with E-state index >= 15 is 0 Å². The van der Waals surface area contributed by atoms with Crippen molar-refractivity contribution in [2.75, 3.05) is 32.6 Å². The third kappa shape index (κ3) is 6.07. The number of pyridine rings is 1. The standard InChI is InChI=1S/C11H18N2O2S/c1-15-7-6-12-8-10(14)9-16-11-4-2-3-5-13-11/h2-5,10,12,14H,6-9H2,1H3. The molecule has 16 heavy (non-hydrogen) atoms. The van der Waals surface area contributed by atoms with E-state index in [0.29, 0.717) is 18.9 Å². The van der Waals surface area contributed by atoms with Gasteiger partial charge in [-0.15, -0.1) is 11.8 Å². The minimum Gasteiger partial charge on any atom is -0.391 e. The van der Waals surface area contributed by atoms with E-state index in [0.717, 1.165) is 11.6 Å². The molecule has 0 aromatic carbocycles. The Labute approximate surface area is 100 Å². The number of nitrogens with one attached hydrogen (secondary N) is 1. The van der Waals surface area contributed by atoms with Gasteiger partial charge in [0.15, 0.2) is 0 Å². The minimum absolute atomic E-state index is 0.358. The van der Waals surface area contributed by atoms with Gasteiger partial charge in [-0.05, 0) is 12.1 Å². The van der Waals surface area contributed by atoms with Crippen molar-refractivity contribution in [3.63, 3.8) is 0 Å². The number of aromatic nitrogens is 1. The Balaban J connectivity index is 2.08. The number of methoxy groups -OCH3 is 1. The van der Waals surface area contributed by atoms with E-state index in [2.05, 4.69) is 10.3 Å².